The van der Waals surface area contributed by atoms with E-state index in [0.717, 1.165) is 19.4 Å². The van der Waals surface area contributed by atoms with Crippen LogP contribution >= 0.6 is 12.8 Å². The van der Waals surface area contributed by atoms with E-state index in [-0.39, 0.29) is 5.92 Å². The van der Waals surface area contributed by atoms with Gasteiger partial charge in [0, 0.05) is 47.7 Å². The van der Waals surface area contributed by atoms with E-state index in [4.69, 9.17) is 0 Å². The zero-order valence-electron chi connectivity index (χ0n) is 17.4. The highest BCUT2D eigenvalue weighted by molar-refractivity contribution is 7.78. The molecule has 0 bridgehead atoms. The van der Waals surface area contributed by atoms with Gasteiger partial charge in [0.2, 0.25) is 0 Å². The first kappa shape index (κ1) is 20.2. The number of likely N-dealkylation sites (N-methyl/N-ethyl adjacent to an activating group) is 1. The topological polar surface area (TPSA) is 68.4 Å². The average molecular weight is 435 g/mol. The zero-order valence-corrected chi connectivity index (χ0v) is 18.3. The molecule has 3 atom stereocenters. The number of aromatic nitrogens is 1. The van der Waals surface area contributed by atoms with Crippen LogP contribution in [-0.4, -0.2) is 52.3 Å². The molecular formula is C24H26N4O2S. The number of nitrogens with zero attached hydrogens (tertiary/aromatic N) is 2. The lowest BCUT2D eigenvalue weighted by atomic mass is 9.72. The molecule has 2 N–H and O–H groups in total. The Morgan fingerprint density at radius 2 is 2.00 bits per heavy atom. The molecule has 31 heavy (non-hydrogen) atoms. The number of hydrogen-bond acceptors (Lipinski definition) is 4. The van der Waals surface area contributed by atoms with E-state index < -0.39 is 11.9 Å². The standard InChI is InChI=1S/C24H26N4O2S/c1-27-13-15(14-28(31)24(30)26-23(29)16-6-3-2-4-7-16)10-19-18-8-5-9-20-22(18)17(12-25-20)11-21(19)27/h2-9,12,15,19,21,25,31H,10-11,13-14H2,1H3,(H,26,29,30)/t15?,19-,21-/m1/s1. The van der Waals surface area contributed by atoms with Gasteiger partial charge in [0.05, 0.1) is 0 Å². The molecule has 0 radical (unpaired) electrons. The third-order valence-corrected chi connectivity index (χ3v) is 7.08. The van der Waals surface area contributed by atoms with Crippen molar-refractivity contribution in [2.75, 3.05) is 20.1 Å². The van der Waals surface area contributed by atoms with E-state index in [0.29, 0.717) is 24.1 Å². The van der Waals surface area contributed by atoms with Crippen LogP contribution in [0.15, 0.2) is 54.7 Å². The number of urea groups is 1. The van der Waals surface area contributed by atoms with Crippen molar-refractivity contribution >= 4 is 35.7 Å². The molecule has 3 aromatic rings. The number of imide groups is 1. The second-order valence-electron chi connectivity index (χ2n) is 8.71. The molecule has 0 spiro atoms. The number of aromatic amines is 1. The summed E-state index contributed by atoms with van der Waals surface area (Å²) >= 11 is 4.40. The fraction of sp³-hybridized carbons (Fsp3) is 0.333. The van der Waals surface area contributed by atoms with Gasteiger partial charge >= 0.3 is 6.03 Å². The highest BCUT2D eigenvalue weighted by Crippen LogP contribution is 2.44. The number of nitrogens with one attached hydrogen (secondary N) is 2. The van der Waals surface area contributed by atoms with Gasteiger partial charge in [0.1, 0.15) is 0 Å². The molecule has 2 heterocycles. The number of piperidine rings is 1. The average Bonchev–Trinajstić information content (AvgIpc) is 3.19. The normalized spacial score (nSPS) is 22.7. The summed E-state index contributed by atoms with van der Waals surface area (Å²) in [6.45, 7) is 1.38. The Balaban J connectivity index is 1.28. The van der Waals surface area contributed by atoms with Crippen molar-refractivity contribution in [3.63, 3.8) is 0 Å². The number of benzene rings is 2. The van der Waals surface area contributed by atoms with Gasteiger partial charge in [-0.15, -0.1) is 0 Å². The van der Waals surface area contributed by atoms with Gasteiger partial charge in [-0.1, -0.05) is 43.1 Å². The SMILES string of the molecule is CN1CC(CN(S)C(=O)NC(=O)c2ccccc2)C[C@@H]2c3cccc4[nH]cc(c34)C[C@H]21. The quantitative estimate of drug-likeness (QED) is 0.549. The fourth-order valence-electron chi connectivity index (χ4n) is 5.34. The molecule has 5 rings (SSSR count). The van der Waals surface area contributed by atoms with Crippen molar-refractivity contribution < 1.29 is 9.59 Å². The summed E-state index contributed by atoms with van der Waals surface area (Å²) in [7, 11) is 2.17. The third-order valence-electron chi connectivity index (χ3n) is 6.73. The van der Waals surface area contributed by atoms with Crippen molar-refractivity contribution in [3.05, 3.63) is 71.4 Å². The number of rotatable bonds is 3. The molecule has 2 aliphatic rings. The van der Waals surface area contributed by atoms with Crippen molar-refractivity contribution in [3.8, 4) is 0 Å². The minimum atomic E-state index is -0.486. The highest BCUT2D eigenvalue weighted by Gasteiger charge is 2.39. The highest BCUT2D eigenvalue weighted by atomic mass is 32.1. The first-order chi connectivity index (χ1) is 15.0. The number of fused-ring (bicyclic) bond motifs is 2. The zero-order chi connectivity index (χ0) is 21.5. The van der Waals surface area contributed by atoms with Crippen LogP contribution in [0, 0.1) is 5.92 Å². The van der Waals surface area contributed by atoms with Gasteiger partial charge in [-0.25, -0.2) is 4.79 Å². The molecule has 6 nitrogen and oxygen atoms in total. The Morgan fingerprint density at radius 1 is 1.19 bits per heavy atom. The lowest BCUT2D eigenvalue weighted by Gasteiger charge is -2.46. The molecule has 7 heteroatoms. The van der Waals surface area contributed by atoms with E-state index in [1.807, 2.05) is 6.07 Å². The van der Waals surface area contributed by atoms with Crippen LogP contribution in [0.2, 0.25) is 0 Å². The maximum Gasteiger partial charge on any atom is 0.334 e. The summed E-state index contributed by atoms with van der Waals surface area (Å²) < 4.78 is 1.34. The van der Waals surface area contributed by atoms with Crippen LogP contribution in [0.25, 0.3) is 10.9 Å². The molecule has 1 aliphatic heterocycles. The van der Waals surface area contributed by atoms with Crippen molar-refractivity contribution in [1.82, 2.24) is 19.5 Å². The van der Waals surface area contributed by atoms with Crippen LogP contribution in [0.1, 0.15) is 33.8 Å². The summed E-state index contributed by atoms with van der Waals surface area (Å²) in [4.78, 5) is 30.7. The molecule has 0 saturated carbocycles. The molecular weight excluding hydrogens is 408 g/mol. The van der Waals surface area contributed by atoms with E-state index >= 15 is 0 Å². The summed E-state index contributed by atoms with van der Waals surface area (Å²) in [5.74, 6) is 0.285. The van der Waals surface area contributed by atoms with Gasteiger partial charge in [-0.2, -0.15) is 0 Å². The van der Waals surface area contributed by atoms with Gasteiger partial charge in [0.25, 0.3) is 5.91 Å². The van der Waals surface area contributed by atoms with Gasteiger partial charge in [-0.3, -0.25) is 14.4 Å². The Bertz CT molecular complexity index is 1130. The number of H-pyrrole nitrogens is 1. The predicted molar refractivity (Wildman–Crippen MR) is 124 cm³/mol. The van der Waals surface area contributed by atoms with Crippen LogP contribution in [-0.2, 0) is 6.42 Å². The lowest BCUT2D eigenvalue weighted by molar-refractivity contribution is 0.0943. The maximum atomic E-state index is 12.5. The lowest BCUT2D eigenvalue weighted by Crippen LogP contribution is -2.50. The molecule has 1 aliphatic carbocycles. The van der Waals surface area contributed by atoms with E-state index in [2.05, 4.69) is 59.5 Å². The predicted octanol–water partition coefficient (Wildman–Crippen LogP) is 3.82. The van der Waals surface area contributed by atoms with Crippen molar-refractivity contribution in [2.45, 2.75) is 24.8 Å². The summed E-state index contributed by atoms with van der Waals surface area (Å²) in [5.41, 5.74) is 4.45. The van der Waals surface area contributed by atoms with Gasteiger partial charge < -0.3 is 9.88 Å². The summed E-state index contributed by atoms with van der Waals surface area (Å²) in [6.07, 6.45) is 4.19. The Hall–Kier alpha value is -2.77. The number of carbonyl (C=O) groups is 2. The Kier molecular flexibility index (Phi) is 5.24. The van der Waals surface area contributed by atoms with E-state index in [1.165, 1.54) is 26.3 Å². The van der Waals surface area contributed by atoms with Gasteiger partial charge in [-0.05, 0) is 55.1 Å². The largest absolute Gasteiger partial charge is 0.361 e. The van der Waals surface area contributed by atoms with Gasteiger partial charge in [0.15, 0.2) is 0 Å². The molecule has 1 unspecified atom stereocenters. The number of amides is 3. The fourth-order valence-corrected chi connectivity index (χ4v) is 5.62. The molecule has 2 aromatic carbocycles. The molecule has 160 valence electrons. The Labute approximate surface area is 187 Å². The summed E-state index contributed by atoms with van der Waals surface area (Å²) in [5, 5.41) is 3.80. The first-order valence-corrected chi connectivity index (χ1v) is 11.1. The summed E-state index contributed by atoms with van der Waals surface area (Å²) in [6, 6.07) is 15.2. The smallest absolute Gasteiger partial charge is 0.334 e. The molecule has 1 aromatic heterocycles. The molecule has 1 fully saturated rings. The van der Waals surface area contributed by atoms with Crippen molar-refractivity contribution in [1.29, 1.82) is 0 Å². The molecule has 1 saturated heterocycles. The number of hydrogen-bond donors (Lipinski definition) is 3. The van der Waals surface area contributed by atoms with Crippen molar-refractivity contribution in [2.24, 2.45) is 5.92 Å². The second-order valence-corrected chi connectivity index (χ2v) is 9.19. The number of thiol groups is 1. The van der Waals surface area contributed by atoms with Crippen LogP contribution in [0.4, 0.5) is 4.79 Å². The second kappa shape index (κ2) is 8.05. The van der Waals surface area contributed by atoms with E-state index in [1.54, 1.807) is 24.3 Å². The maximum absolute atomic E-state index is 12.5. The minimum absolute atomic E-state index is 0.275. The van der Waals surface area contributed by atoms with Crippen LogP contribution in [0.5, 0.6) is 0 Å². The van der Waals surface area contributed by atoms with E-state index in [9.17, 15) is 9.59 Å². The Morgan fingerprint density at radius 3 is 2.81 bits per heavy atom. The number of carbonyl (C=O) groups excluding carboxylic acids is 2. The molecule has 3 amide bonds. The monoisotopic (exact) mass is 434 g/mol. The van der Waals surface area contributed by atoms with Crippen LogP contribution < -0.4 is 5.32 Å². The number of likely N-dealkylation sites (tertiary alicyclic amines) is 1. The third kappa shape index (κ3) is 3.72. The first-order valence-electron chi connectivity index (χ1n) is 10.7. The minimum Gasteiger partial charge on any atom is -0.361 e. The van der Waals surface area contributed by atoms with Crippen LogP contribution in [0.3, 0.4) is 0 Å².